The maximum absolute atomic E-state index is 9.30. The Bertz CT molecular complexity index is 366. The SMILES string of the molecule is CCCC(CO)C/C(C)=C\c1ccccc1C. The lowest BCUT2D eigenvalue weighted by Crippen LogP contribution is -2.06. The van der Waals surface area contributed by atoms with Crippen LogP contribution in [-0.2, 0) is 0 Å². The highest BCUT2D eigenvalue weighted by Gasteiger charge is 2.07. The smallest absolute Gasteiger partial charge is 0.0462 e. The fourth-order valence-electron chi connectivity index (χ4n) is 2.19. The molecule has 1 unspecified atom stereocenters. The molecule has 0 saturated carbocycles. The van der Waals surface area contributed by atoms with E-state index in [4.69, 9.17) is 0 Å². The summed E-state index contributed by atoms with van der Waals surface area (Å²) in [6, 6.07) is 8.42. The number of hydrogen-bond donors (Lipinski definition) is 1. The van der Waals surface area contributed by atoms with Gasteiger partial charge in [0, 0.05) is 6.61 Å². The van der Waals surface area contributed by atoms with Crippen molar-refractivity contribution in [1.82, 2.24) is 0 Å². The Labute approximate surface area is 105 Å². The zero-order valence-corrected chi connectivity index (χ0v) is 11.2. The molecule has 0 spiro atoms. The summed E-state index contributed by atoms with van der Waals surface area (Å²) in [5.41, 5.74) is 3.95. The van der Waals surface area contributed by atoms with Crippen LogP contribution in [0.1, 0.15) is 44.2 Å². The van der Waals surface area contributed by atoms with Crippen molar-refractivity contribution in [2.75, 3.05) is 6.61 Å². The van der Waals surface area contributed by atoms with Crippen molar-refractivity contribution in [3.8, 4) is 0 Å². The molecule has 0 aliphatic rings. The van der Waals surface area contributed by atoms with E-state index in [9.17, 15) is 5.11 Å². The van der Waals surface area contributed by atoms with Crippen LogP contribution in [0.3, 0.4) is 0 Å². The average Bonchev–Trinajstić information content (AvgIpc) is 2.31. The van der Waals surface area contributed by atoms with Crippen molar-refractivity contribution in [3.05, 3.63) is 41.0 Å². The predicted octanol–water partition coefficient (Wildman–Crippen LogP) is 4.20. The molecule has 0 amide bonds. The summed E-state index contributed by atoms with van der Waals surface area (Å²) in [5, 5.41) is 9.30. The molecule has 0 aromatic heterocycles. The van der Waals surface area contributed by atoms with Crippen LogP contribution < -0.4 is 0 Å². The molecule has 94 valence electrons. The lowest BCUT2D eigenvalue weighted by atomic mass is 9.95. The first-order chi connectivity index (χ1) is 8.17. The van der Waals surface area contributed by atoms with Gasteiger partial charge < -0.3 is 5.11 Å². The van der Waals surface area contributed by atoms with Crippen LogP contribution in [-0.4, -0.2) is 11.7 Å². The van der Waals surface area contributed by atoms with E-state index >= 15 is 0 Å². The van der Waals surface area contributed by atoms with Gasteiger partial charge in [0.15, 0.2) is 0 Å². The van der Waals surface area contributed by atoms with Crippen LogP contribution in [0.2, 0.25) is 0 Å². The van der Waals surface area contributed by atoms with E-state index in [1.165, 1.54) is 16.7 Å². The number of hydrogen-bond acceptors (Lipinski definition) is 1. The number of aliphatic hydroxyl groups excluding tert-OH is 1. The molecule has 1 nitrogen and oxygen atoms in total. The lowest BCUT2D eigenvalue weighted by molar-refractivity contribution is 0.217. The van der Waals surface area contributed by atoms with E-state index < -0.39 is 0 Å². The van der Waals surface area contributed by atoms with Gasteiger partial charge in [-0.3, -0.25) is 0 Å². The van der Waals surface area contributed by atoms with Gasteiger partial charge in [-0.05, 0) is 43.7 Å². The zero-order chi connectivity index (χ0) is 12.7. The molecule has 1 aromatic carbocycles. The molecular weight excluding hydrogens is 208 g/mol. The minimum absolute atomic E-state index is 0.298. The first-order valence-corrected chi connectivity index (χ1v) is 6.51. The molecule has 1 heteroatoms. The maximum Gasteiger partial charge on any atom is 0.0462 e. The molecule has 0 aliphatic heterocycles. The molecule has 1 N–H and O–H groups in total. The number of rotatable bonds is 6. The van der Waals surface area contributed by atoms with Crippen LogP contribution in [0.25, 0.3) is 6.08 Å². The Morgan fingerprint density at radius 1 is 1.35 bits per heavy atom. The van der Waals surface area contributed by atoms with Gasteiger partial charge in [-0.2, -0.15) is 0 Å². The van der Waals surface area contributed by atoms with Crippen LogP contribution >= 0.6 is 0 Å². The van der Waals surface area contributed by atoms with E-state index in [0.717, 1.165) is 19.3 Å². The number of allylic oxidation sites excluding steroid dienone is 1. The topological polar surface area (TPSA) is 20.2 Å². The molecule has 17 heavy (non-hydrogen) atoms. The van der Waals surface area contributed by atoms with Gasteiger partial charge in [-0.1, -0.05) is 49.3 Å². The standard InChI is InChI=1S/C16H24O/c1-4-7-15(12-17)10-13(2)11-16-9-6-5-8-14(16)3/h5-6,8-9,11,15,17H,4,7,10,12H2,1-3H3/b13-11-. The predicted molar refractivity (Wildman–Crippen MR) is 74.9 cm³/mol. The molecular formula is C16H24O. The monoisotopic (exact) mass is 232 g/mol. The largest absolute Gasteiger partial charge is 0.396 e. The quantitative estimate of drug-likeness (QED) is 0.779. The number of aliphatic hydroxyl groups is 1. The van der Waals surface area contributed by atoms with E-state index in [-0.39, 0.29) is 0 Å². The molecule has 1 aromatic rings. The Kier molecular flexibility index (Phi) is 5.99. The van der Waals surface area contributed by atoms with E-state index in [1.807, 2.05) is 0 Å². The second kappa shape index (κ2) is 7.29. The summed E-state index contributed by atoms with van der Waals surface area (Å²) in [7, 11) is 0. The highest BCUT2D eigenvalue weighted by Crippen LogP contribution is 2.19. The molecule has 0 bridgehead atoms. The maximum atomic E-state index is 9.30. The normalized spacial score (nSPS) is 13.8. The van der Waals surface area contributed by atoms with E-state index in [0.29, 0.717) is 12.5 Å². The summed E-state index contributed by atoms with van der Waals surface area (Å²) >= 11 is 0. The highest BCUT2D eigenvalue weighted by atomic mass is 16.3. The van der Waals surface area contributed by atoms with E-state index in [1.54, 1.807) is 0 Å². The van der Waals surface area contributed by atoms with Gasteiger partial charge in [0.1, 0.15) is 0 Å². The Hall–Kier alpha value is -1.08. The van der Waals surface area contributed by atoms with Gasteiger partial charge in [-0.15, -0.1) is 0 Å². The molecule has 1 rings (SSSR count). The van der Waals surface area contributed by atoms with Crippen molar-refractivity contribution < 1.29 is 5.11 Å². The molecule has 1 atom stereocenters. The minimum atomic E-state index is 0.298. The van der Waals surface area contributed by atoms with Gasteiger partial charge in [-0.25, -0.2) is 0 Å². The lowest BCUT2D eigenvalue weighted by Gasteiger charge is -2.13. The molecule has 0 fully saturated rings. The summed E-state index contributed by atoms with van der Waals surface area (Å²) < 4.78 is 0. The molecule has 0 aliphatic carbocycles. The average molecular weight is 232 g/mol. The Morgan fingerprint density at radius 3 is 2.65 bits per heavy atom. The first-order valence-electron chi connectivity index (χ1n) is 6.51. The second-order valence-corrected chi connectivity index (χ2v) is 4.89. The Balaban J connectivity index is 2.69. The van der Waals surface area contributed by atoms with Crippen molar-refractivity contribution in [2.24, 2.45) is 5.92 Å². The third-order valence-electron chi connectivity index (χ3n) is 3.16. The van der Waals surface area contributed by atoms with Gasteiger partial charge in [0.2, 0.25) is 0 Å². The van der Waals surface area contributed by atoms with Crippen molar-refractivity contribution in [3.63, 3.8) is 0 Å². The summed E-state index contributed by atoms with van der Waals surface area (Å²) in [6.45, 7) is 6.76. The fraction of sp³-hybridized carbons (Fsp3) is 0.500. The van der Waals surface area contributed by atoms with Crippen molar-refractivity contribution in [1.29, 1.82) is 0 Å². The Morgan fingerprint density at radius 2 is 2.06 bits per heavy atom. The number of benzene rings is 1. The third kappa shape index (κ3) is 4.74. The summed E-state index contributed by atoms with van der Waals surface area (Å²) in [5.74, 6) is 0.417. The molecule has 0 saturated heterocycles. The van der Waals surface area contributed by atoms with Crippen LogP contribution in [0.4, 0.5) is 0 Å². The first kappa shape index (κ1) is 14.0. The van der Waals surface area contributed by atoms with Crippen molar-refractivity contribution in [2.45, 2.75) is 40.0 Å². The van der Waals surface area contributed by atoms with Crippen LogP contribution in [0.5, 0.6) is 0 Å². The number of aryl methyl sites for hydroxylation is 1. The highest BCUT2D eigenvalue weighted by molar-refractivity contribution is 5.55. The van der Waals surface area contributed by atoms with Crippen LogP contribution in [0.15, 0.2) is 29.8 Å². The van der Waals surface area contributed by atoms with Gasteiger partial charge in [0.05, 0.1) is 0 Å². The zero-order valence-electron chi connectivity index (χ0n) is 11.2. The van der Waals surface area contributed by atoms with Gasteiger partial charge in [0.25, 0.3) is 0 Å². The minimum Gasteiger partial charge on any atom is -0.396 e. The molecule has 0 radical (unpaired) electrons. The fourth-order valence-corrected chi connectivity index (χ4v) is 2.19. The second-order valence-electron chi connectivity index (χ2n) is 4.89. The summed E-state index contributed by atoms with van der Waals surface area (Å²) in [6.07, 6.45) is 5.49. The van der Waals surface area contributed by atoms with Crippen molar-refractivity contribution >= 4 is 6.08 Å². The van der Waals surface area contributed by atoms with Crippen LogP contribution in [0, 0.1) is 12.8 Å². The van der Waals surface area contributed by atoms with E-state index in [2.05, 4.69) is 51.1 Å². The molecule has 0 heterocycles. The third-order valence-corrected chi connectivity index (χ3v) is 3.16. The summed E-state index contributed by atoms with van der Waals surface area (Å²) in [4.78, 5) is 0. The van der Waals surface area contributed by atoms with Gasteiger partial charge >= 0.3 is 0 Å².